The van der Waals surface area contributed by atoms with Gasteiger partial charge in [-0.3, -0.25) is 4.79 Å². The van der Waals surface area contributed by atoms with Crippen LogP contribution >= 0.6 is 11.3 Å². The van der Waals surface area contributed by atoms with Gasteiger partial charge in [-0.2, -0.15) is 9.61 Å². The van der Waals surface area contributed by atoms with Gasteiger partial charge in [0.25, 0.3) is 5.56 Å². The molecule has 20 heavy (non-hydrogen) atoms. The number of aryl methyl sites for hydroxylation is 1. The molecule has 104 valence electrons. The van der Waals surface area contributed by atoms with E-state index in [-0.39, 0.29) is 5.56 Å². The quantitative estimate of drug-likeness (QED) is 0.701. The van der Waals surface area contributed by atoms with Crippen LogP contribution in [0.15, 0.2) is 17.1 Å². The van der Waals surface area contributed by atoms with Crippen LogP contribution in [0.1, 0.15) is 16.4 Å². The SMILES string of the molecule is Cc1cc(=O)n2nc(Cn3cc(CCN)nn3)sc2n1. The Hall–Kier alpha value is -2.13. The first-order chi connectivity index (χ1) is 9.65. The second-order valence-corrected chi connectivity index (χ2v) is 5.41. The predicted molar refractivity (Wildman–Crippen MR) is 73.8 cm³/mol. The number of hydrogen-bond donors (Lipinski definition) is 1. The lowest BCUT2D eigenvalue weighted by Crippen LogP contribution is -2.14. The maximum atomic E-state index is 11.8. The number of nitrogens with zero attached hydrogens (tertiary/aromatic N) is 6. The Kier molecular flexibility index (Phi) is 3.28. The van der Waals surface area contributed by atoms with Crippen LogP contribution in [-0.4, -0.2) is 36.1 Å². The van der Waals surface area contributed by atoms with E-state index in [1.165, 1.54) is 21.9 Å². The number of nitrogens with two attached hydrogens (primary N) is 1. The highest BCUT2D eigenvalue weighted by Gasteiger charge is 2.09. The van der Waals surface area contributed by atoms with Gasteiger partial charge < -0.3 is 5.73 Å². The molecule has 3 aromatic heterocycles. The third-order valence-corrected chi connectivity index (χ3v) is 3.59. The topological polar surface area (TPSA) is 104 Å². The van der Waals surface area contributed by atoms with Gasteiger partial charge in [0, 0.05) is 24.4 Å². The molecule has 0 aliphatic rings. The fraction of sp³-hybridized carbons (Fsp3) is 0.364. The molecule has 0 bridgehead atoms. The summed E-state index contributed by atoms with van der Waals surface area (Å²) in [5.74, 6) is 0. The van der Waals surface area contributed by atoms with Crippen molar-refractivity contribution in [2.45, 2.75) is 19.9 Å². The van der Waals surface area contributed by atoms with E-state index in [9.17, 15) is 4.79 Å². The van der Waals surface area contributed by atoms with Gasteiger partial charge in [0.05, 0.1) is 12.2 Å². The summed E-state index contributed by atoms with van der Waals surface area (Å²) in [6.07, 6.45) is 2.53. The summed E-state index contributed by atoms with van der Waals surface area (Å²) in [6.45, 7) is 2.79. The van der Waals surface area contributed by atoms with Gasteiger partial charge in [-0.25, -0.2) is 9.67 Å². The maximum Gasteiger partial charge on any atom is 0.275 e. The van der Waals surface area contributed by atoms with Crippen LogP contribution in [-0.2, 0) is 13.0 Å². The summed E-state index contributed by atoms with van der Waals surface area (Å²) in [6, 6.07) is 1.46. The minimum Gasteiger partial charge on any atom is -0.330 e. The minimum absolute atomic E-state index is 0.169. The standard InChI is InChI=1S/C11H13N7OS/c1-7-4-10(19)18-11(13-7)20-9(15-18)6-17-5-8(2-3-12)14-16-17/h4-5H,2-3,6,12H2,1H3. The molecule has 0 saturated heterocycles. The van der Waals surface area contributed by atoms with Gasteiger partial charge in [-0.15, -0.1) is 5.10 Å². The summed E-state index contributed by atoms with van der Waals surface area (Å²) in [5.41, 5.74) is 6.84. The number of hydrogen-bond acceptors (Lipinski definition) is 7. The molecule has 0 saturated carbocycles. The average Bonchev–Trinajstić information content (AvgIpc) is 2.97. The summed E-state index contributed by atoms with van der Waals surface area (Å²) in [5, 5.41) is 13.0. The summed E-state index contributed by atoms with van der Waals surface area (Å²) in [4.78, 5) is 16.7. The van der Waals surface area contributed by atoms with Crippen LogP contribution in [0.2, 0.25) is 0 Å². The van der Waals surface area contributed by atoms with Crippen molar-refractivity contribution in [3.8, 4) is 0 Å². The van der Waals surface area contributed by atoms with Crippen LogP contribution in [0.5, 0.6) is 0 Å². The van der Waals surface area contributed by atoms with E-state index in [0.717, 1.165) is 10.7 Å². The molecule has 3 rings (SSSR count). The van der Waals surface area contributed by atoms with E-state index < -0.39 is 0 Å². The fourth-order valence-corrected chi connectivity index (χ4v) is 2.78. The molecule has 2 N–H and O–H groups in total. The number of rotatable bonds is 4. The second-order valence-electron chi connectivity index (χ2n) is 4.37. The Morgan fingerprint density at radius 2 is 2.30 bits per heavy atom. The van der Waals surface area contributed by atoms with Gasteiger partial charge in [0.2, 0.25) is 4.96 Å². The molecule has 0 aliphatic carbocycles. The third kappa shape index (κ3) is 2.45. The van der Waals surface area contributed by atoms with Crippen LogP contribution in [0.3, 0.4) is 0 Å². The Morgan fingerprint density at radius 1 is 1.45 bits per heavy atom. The lowest BCUT2D eigenvalue weighted by molar-refractivity contribution is 0.637. The minimum atomic E-state index is -0.169. The summed E-state index contributed by atoms with van der Waals surface area (Å²) in [7, 11) is 0. The van der Waals surface area contributed by atoms with Crippen molar-refractivity contribution in [3.05, 3.63) is 39.0 Å². The highest BCUT2D eigenvalue weighted by molar-refractivity contribution is 7.16. The van der Waals surface area contributed by atoms with E-state index in [1.807, 2.05) is 6.20 Å². The molecule has 3 heterocycles. The first kappa shape index (κ1) is 12.9. The first-order valence-electron chi connectivity index (χ1n) is 6.11. The van der Waals surface area contributed by atoms with Crippen LogP contribution < -0.4 is 11.3 Å². The first-order valence-corrected chi connectivity index (χ1v) is 6.93. The normalized spacial score (nSPS) is 11.3. The largest absolute Gasteiger partial charge is 0.330 e. The molecule has 0 aromatic carbocycles. The van der Waals surface area contributed by atoms with Crippen LogP contribution in [0.25, 0.3) is 4.96 Å². The molecule has 0 aliphatic heterocycles. The predicted octanol–water partition coefficient (Wildman–Crippen LogP) is -0.400. The Labute approximate surface area is 117 Å². The highest BCUT2D eigenvalue weighted by atomic mass is 32.1. The van der Waals surface area contributed by atoms with E-state index in [4.69, 9.17) is 5.73 Å². The van der Waals surface area contributed by atoms with Crippen molar-refractivity contribution in [3.63, 3.8) is 0 Å². The molecule has 9 heteroatoms. The molecule has 0 radical (unpaired) electrons. The van der Waals surface area contributed by atoms with Gasteiger partial charge >= 0.3 is 0 Å². The smallest absolute Gasteiger partial charge is 0.275 e. The molecule has 0 atom stereocenters. The fourth-order valence-electron chi connectivity index (χ4n) is 1.84. The van der Waals surface area contributed by atoms with Crippen molar-refractivity contribution >= 4 is 16.3 Å². The maximum absolute atomic E-state index is 11.8. The summed E-state index contributed by atoms with van der Waals surface area (Å²) >= 11 is 1.37. The lowest BCUT2D eigenvalue weighted by Gasteiger charge is -1.93. The monoisotopic (exact) mass is 291 g/mol. The molecule has 8 nitrogen and oxygen atoms in total. The van der Waals surface area contributed by atoms with E-state index in [0.29, 0.717) is 30.2 Å². The number of aromatic nitrogens is 6. The Bertz CT molecular complexity index is 803. The highest BCUT2D eigenvalue weighted by Crippen LogP contribution is 2.12. The average molecular weight is 291 g/mol. The molecular formula is C11H13N7OS. The molecule has 0 spiro atoms. The molecular weight excluding hydrogens is 278 g/mol. The van der Waals surface area contributed by atoms with Crippen molar-refractivity contribution < 1.29 is 0 Å². The van der Waals surface area contributed by atoms with Crippen molar-refractivity contribution in [1.82, 2.24) is 29.6 Å². The van der Waals surface area contributed by atoms with Crippen molar-refractivity contribution in [2.75, 3.05) is 6.54 Å². The van der Waals surface area contributed by atoms with Crippen LogP contribution in [0.4, 0.5) is 0 Å². The zero-order valence-corrected chi connectivity index (χ0v) is 11.7. The van der Waals surface area contributed by atoms with E-state index in [2.05, 4.69) is 20.4 Å². The summed E-state index contributed by atoms with van der Waals surface area (Å²) < 4.78 is 2.99. The van der Waals surface area contributed by atoms with Gasteiger partial charge in [0.15, 0.2) is 0 Å². The third-order valence-electron chi connectivity index (χ3n) is 2.70. The van der Waals surface area contributed by atoms with E-state index in [1.54, 1.807) is 11.6 Å². The van der Waals surface area contributed by atoms with Gasteiger partial charge in [-0.05, 0) is 13.5 Å². The lowest BCUT2D eigenvalue weighted by atomic mass is 10.3. The van der Waals surface area contributed by atoms with E-state index >= 15 is 0 Å². The zero-order chi connectivity index (χ0) is 14.1. The molecule has 3 aromatic rings. The second kappa shape index (κ2) is 5.10. The molecule has 0 unspecified atom stereocenters. The Morgan fingerprint density at radius 3 is 3.10 bits per heavy atom. The molecule has 0 fully saturated rings. The van der Waals surface area contributed by atoms with Gasteiger partial charge in [0.1, 0.15) is 5.01 Å². The molecule has 0 amide bonds. The van der Waals surface area contributed by atoms with Crippen molar-refractivity contribution in [2.24, 2.45) is 5.73 Å². The van der Waals surface area contributed by atoms with Crippen molar-refractivity contribution in [1.29, 1.82) is 0 Å². The van der Waals surface area contributed by atoms with Crippen LogP contribution in [0, 0.1) is 6.92 Å². The zero-order valence-electron chi connectivity index (χ0n) is 10.9. The number of fused-ring (bicyclic) bond motifs is 1. The van der Waals surface area contributed by atoms with Gasteiger partial charge in [-0.1, -0.05) is 16.6 Å². The Balaban J connectivity index is 1.90.